The first-order chi connectivity index (χ1) is 15.0. The Morgan fingerprint density at radius 1 is 1.12 bits per heavy atom. The Labute approximate surface area is 194 Å². The fourth-order valence-electron chi connectivity index (χ4n) is 8.31. The van der Waals surface area contributed by atoms with Crippen LogP contribution in [0.3, 0.4) is 0 Å². The topological polar surface area (TPSA) is 78.3 Å². The molecule has 0 radical (unpaired) electrons. The van der Waals surface area contributed by atoms with Crippen LogP contribution < -0.4 is 16.2 Å². The fourth-order valence-corrected chi connectivity index (χ4v) is 8.31. The van der Waals surface area contributed by atoms with E-state index in [1.165, 1.54) is 48.8 Å². The minimum Gasteiger partial charge on any atom is -0.425 e. The Kier molecular flexibility index (Phi) is 6.26. The molecule has 1 aromatic carbocycles. The molecule has 4 N–H and O–H groups in total. The quantitative estimate of drug-likeness (QED) is 0.352. The molecule has 0 aliphatic heterocycles. The molecule has 2 fully saturated rings. The number of unbranched alkanes of at least 4 members (excludes halogenated alkanes) is 1. The highest BCUT2D eigenvalue weighted by Gasteiger charge is 2.61. The number of ether oxygens (including phenoxy) is 1. The van der Waals surface area contributed by atoms with E-state index in [2.05, 4.69) is 46.8 Å². The molecule has 5 atom stereocenters. The highest BCUT2D eigenvalue weighted by atomic mass is 16.5. The zero-order chi connectivity index (χ0) is 23.3. The molecule has 0 aromatic heterocycles. The number of hydrogen-bond donors (Lipinski definition) is 2. The minimum atomic E-state index is -0.584. The molecule has 0 bridgehead atoms. The van der Waals surface area contributed by atoms with Gasteiger partial charge in [0.1, 0.15) is 11.8 Å². The first-order valence-corrected chi connectivity index (χ1v) is 12.8. The summed E-state index contributed by atoms with van der Waals surface area (Å²) in [6, 6.07) is 3.62. The lowest BCUT2D eigenvalue weighted by molar-refractivity contribution is -0.136. The summed E-state index contributed by atoms with van der Waals surface area (Å²) in [7, 11) is 0. The highest BCUT2D eigenvalue weighted by Crippen LogP contribution is 2.67. The van der Waals surface area contributed by atoms with Crippen LogP contribution in [0, 0.1) is 29.6 Å². The average Bonchev–Trinajstić information content (AvgIpc) is 3.01. The van der Waals surface area contributed by atoms with Gasteiger partial charge in [0.15, 0.2) is 0 Å². The third kappa shape index (κ3) is 3.81. The maximum Gasteiger partial charge on any atom is 0.328 e. The van der Waals surface area contributed by atoms with Gasteiger partial charge in [0.2, 0.25) is 0 Å². The van der Waals surface area contributed by atoms with Gasteiger partial charge in [-0.15, -0.1) is 0 Å². The Hall–Kier alpha value is -1.39. The van der Waals surface area contributed by atoms with Gasteiger partial charge in [-0.1, -0.05) is 40.5 Å². The van der Waals surface area contributed by atoms with Crippen molar-refractivity contribution in [1.29, 1.82) is 0 Å². The third-order valence-corrected chi connectivity index (χ3v) is 9.67. The molecule has 178 valence electrons. The molecule has 4 nitrogen and oxygen atoms in total. The smallest absolute Gasteiger partial charge is 0.328 e. The second-order valence-corrected chi connectivity index (χ2v) is 12.2. The number of carbonyl (C=O) groups excluding carboxylic acids is 1. The van der Waals surface area contributed by atoms with Crippen molar-refractivity contribution in [2.45, 2.75) is 104 Å². The second-order valence-electron chi connectivity index (χ2n) is 12.2. The van der Waals surface area contributed by atoms with E-state index >= 15 is 0 Å². The molecule has 0 heterocycles. The predicted molar refractivity (Wildman–Crippen MR) is 131 cm³/mol. The van der Waals surface area contributed by atoms with Crippen molar-refractivity contribution >= 4 is 5.97 Å². The number of aryl methyl sites for hydroxylation is 1. The molecular formula is C28H44N2O2. The van der Waals surface area contributed by atoms with Crippen molar-refractivity contribution in [3.05, 3.63) is 28.8 Å². The van der Waals surface area contributed by atoms with Gasteiger partial charge in [0.05, 0.1) is 0 Å². The number of esters is 1. The zero-order valence-corrected chi connectivity index (χ0v) is 20.9. The van der Waals surface area contributed by atoms with Gasteiger partial charge >= 0.3 is 5.97 Å². The molecule has 0 amide bonds. The van der Waals surface area contributed by atoms with Crippen molar-refractivity contribution in [2.24, 2.45) is 34.1 Å². The lowest BCUT2D eigenvalue weighted by Gasteiger charge is -2.61. The summed E-state index contributed by atoms with van der Waals surface area (Å²) < 4.78 is 5.77. The number of fused-ring (bicyclic) bond motifs is 5. The number of hydrogen-bond acceptors (Lipinski definition) is 4. The van der Waals surface area contributed by atoms with Crippen LogP contribution in [0.2, 0.25) is 0 Å². The van der Waals surface area contributed by atoms with Crippen LogP contribution >= 0.6 is 0 Å². The van der Waals surface area contributed by atoms with Crippen LogP contribution in [0.1, 0.15) is 95.8 Å². The molecule has 0 spiro atoms. The minimum absolute atomic E-state index is 0.221. The first kappa shape index (κ1) is 23.8. The van der Waals surface area contributed by atoms with Crippen LogP contribution in [-0.2, 0) is 16.6 Å². The van der Waals surface area contributed by atoms with Crippen molar-refractivity contribution in [3.8, 4) is 5.75 Å². The normalized spacial score (nSPS) is 33.7. The van der Waals surface area contributed by atoms with Crippen molar-refractivity contribution < 1.29 is 9.53 Å². The molecule has 3 aliphatic rings. The van der Waals surface area contributed by atoms with Gasteiger partial charge in [0.25, 0.3) is 0 Å². The summed E-state index contributed by atoms with van der Waals surface area (Å²) >= 11 is 0. The van der Waals surface area contributed by atoms with Gasteiger partial charge in [-0.25, -0.2) is 4.79 Å². The fraction of sp³-hybridized carbons (Fsp3) is 0.750. The van der Waals surface area contributed by atoms with Gasteiger partial charge in [-0.2, -0.15) is 0 Å². The van der Waals surface area contributed by atoms with Crippen molar-refractivity contribution in [2.75, 3.05) is 6.54 Å². The summed E-state index contributed by atoms with van der Waals surface area (Å²) in [6.45, 7) is 12.9. The monoisotopic (exact) mass is 440 g/mol. The number of benzene rings is 1. The Bertz CT molecular complexity index is 878. The summed E-state index contributed by atoms with van der Waals surface area (Å²) in [5.41, 5.74) is 16.8. The van der Waals surface area contributed by atoms with Gasteiger partial charge in [-0.3, -0.25) is 0 Å². The van der Waals surface area contributed by atoms with Crippen LogP contribution in [0.5, 0.6) is 5.75 Å². The van der Waals surface area contributed by atoms with Crippen LogP contribution in [0.25, 0.3) is 0 Å². The molecule has 4 heteroatoms. The highest BCUT2D eigenvalue weighted by molar-refractivity contribution is 5.78. The van der Waals surface area contributed by atoms with E-state index < -0.39 is 6.04 Å². The molecule has 2 saturated carbocycles. The largest absolute Gasteiger partial charge is 0.425 e. The van der Waals surface area contributed by atoms with Gasteiger partial charge in [0, 0.05) is 0 Å². The maximum absolute atomic E-state index is 12.6. The number of nitrogens with two attached hydrogens (primary N) is 2. The Balaban J connectivity index is 1.58. The standard InChI is InChI=1S/C28H44N2O2/c1-18-15-20(32-25(31)21(30)9-6-7-14-29)16-19-17-23-27(4)12-8-11-26(2,3)22(27)10-13-28(23,5)24(18)19/h15-16,21-23H,6-14,17,29-30H2,1-5H3/t21?,22-,23+,27-,28-/m0/s1. The summed E-state index contributed by atoms with van der Waals surface area (Å²) in [5, 5.41) is 0. The van der Waals surface area contributed by atoms with Crippen LogP contribution in [-0.4, -0.2) is 18.6 Å². The molecule has 32 heavy (non-hydrogen) atoms. The maximum atomic E-state index is 12.6. The lowest BCUT2D eigenvalue weighted by Crippen LogP contribution is -2.55. The number of rotatable bonds is 6. The summed E-state index contributed by atoms with van der Waals surface area (Å²) in [5.74, 6) is 1.78. The van der Waals surface area contributed by atoms with E-state index in [1.807, 2.05) is 0 Å². The van der Waals surface area contributed by atoms with Crippen molar-refractivity contribution in [3.63, 3.8) is 0 Å². The van der Waals surface area contributed by atoms with Gasteiger partial charge in [-0.05, 0) is 115 Å². The summed E-state index contributed by atoms with van der Waals surface area (Å²) in [6.07, 6.45) is 10.1. The van der Waals surface area contributed by atoms with E-state index in [4.69, 9.17) is 16.2 Å². The van der Waals surface area contributed by atoms with Crippen molar-refractivity contribution in [1.82, 2.24) is 0 Å². The van der Waals surface area contributed by atoms with Gasteiger partial charge < -0.3 is 16.2 Å². The molecule has 1 unspecified atom stereocenters. The second kappa shape index (κ2) is 8.43. The van der Waals surface area contributed by atoms with E-state index in [0.717, 1.165) is 25.2 Å². The Morgan fingerprint density at radius 3 is 2.59 bits per heavy atom. The summed E-state index contributed by atoms with van der Waals surface area (Å²) in [4.78, 5) is 12.6. The lowest BCUT2D eigenvalue weighted by atomic mass is 9.43. The molecule has 1 aromatic rings. The predicted octanol–water partition coefficient (Wildman–Crippen LogP) is 5.41. The average molecular weight is 441 g/mol. The first-order valence-electron chi connectivity index (χ1n) is 12.8. The molecule has 0 saturated heterocycles. The van der Waals surface area contributed by atoms with Crippen LogP contribution in [0.15, 0.2) is 12.1 Å². The molecule has 4 rings (SSSR count). The third-order valence-electron chi connectivity index (χ3n) is 9.67. The van der Waals surface area contributed by atoms with E-state index in [0.29, 0.717) is 35.5 Å². The zero-order valence-electron chi connectivity index (χ0n) is 20.9. The van der Waals surface area contributed by atoms with E-state index in [1.54, 1.807) is 0 Å². The molecule has 3 aliphatic carbocycles. The number of carbonyl (C=O) groups is 1. The Morgan fingerprint density at radius 2 is 1.88 bits per heavy atom. The molecular weight excluding hydrogens is 396 g/mol. The SMILES string of the molecule is Cc1cc(OC(=O)C(N)CCCCN)cc2c1[C@@]1(C)CC[C@H]3C(C)(C)CCC[C@]3(C)[C@H]1C2. The van der Waals surface area contributed by atoms with E-state index in [9.17, 15) is 4.79 Å². The van der Waals surface area contributed by atoms with Crippen LogP contribution in [0.4, 0.5) is 0 Å². The van der Waals surface area contributed by atoms with E-state index in [-0.39, 0.29) is 11.4 Å².